The van der Waals surface area contributed by atoms with Gasteiger partial charge >= 0.3 is 0 Å². The van der Waals surface area contributed by atoms with Crippen LogP contribution in [0.25, 0.3) is 0 Å². The average Bonchev–Trinajstić information content (AvgIpc) is 2.57. The quantitative estimate of drug-likeness (QED) is 0.683. The van der Waals surface area contributed by atoms with Crippen LogP contribution in [0, 0.1) is 13.8 Å². The van der Waals surface area contributed by atoms with Crippen LogP contribution in [0.1, 0.15) is 23.9 Å². The summed E-state index contributed by atoms with van der Waals surface area (Å²) in [6.07, 6.45) is 1.04. The van der Waals surface area contributed by atoms with Gasteiger partial charge in [0.15, 0.2) is 0 Å². The number of rotatable bonds is 5. The lowest BCUT2D eigenvalue weighted by molar-refractivity contribution is 1.06. The van der Waals surface area contributed by atoms with Crippen molar-refractivity contribution >= 4 is 23.0 Å². The summed E-state index contributed by atoms with van der Waals surface area (Å²) in [6, 6.07) is 18.6. The van der Waals surface area contributed by atoms with E-state index in [2.05, 4.69) is 70.8 Å². The summed E-state index contributed by atoms with van der Waals surface area (Å²) in [5, 5.41) is 6.67. The molecule has 4 heteroatoms. The predicted molar refractivity (Wildman–Crippen MR) is 100 cm³/mol. The van der Waals surface area contributed by atoms with Crippen molar-refractivity contribution in [1.82, 2.24) is 9.97 Å². The van der Waals surface area contributed by atoms with E-state index in [-0.39, 0.29) is 0 Å². The molecule has 0 saturated heterocycles. The van der Waals surface area contributed by atoms with Gasteiger partial charge in [-0.1, -0.05) is 36.8 Å². The van der Waals surface area contributed by atoms with E-state index in [1.807, 2.05) is 25.1 Å². The predicted octanol–water partition coefficient (Wildman–Crippen LogP) is 5.14. The average molecular weight is 318 g/mol. The molecule has 0 spiro atoms. The molecule has 0 bridgehead atoms. The summed E-state index contributed by atoms with van der Waals surface area (Å²) >= 11 is 0. The second-order valence-electron chi connectivity index (χ2n) is 5.85. The van der Waals surface area contributed by atoms with Crippen molar-refractivity contribution in [2.24, 2.45) is 0 Å². The standard InChI is InChI=1S/C20H22N4/c1-4-16-7-11-18(12-8-16)24-20-13-19(21-15(3)22-20)23-17-9-5-14(2)6-10-17/h5-13H,4H2,1-3H3,(H2,21,22,23,24). The molecule has 0 aliphatic heterocycles. The molecule has 0 fully saturated rings. The maximum atomic E-state index is 4.47. The summed E-state index contributed by atoms with van der Waals surface area (Å²) in [5.74, 6) is 2.28. The SMILES string of the molecule is CCc1ccc(Nc2cc(Nc3ccc(C)cc3)nc(C)n2)cc1. The summed E-state index contributed by atoms with van der Waals surface area (Å²) in [7, 11) is 0. The molecule has 0 atom stereocenters. The fourth-order valence-electron chi connectivity index (χ4n) is 2.45. The van der Waals surface area contributed by atoms with Crippen LogP contribution in [-0.4, -0.2) is 9.97 Å². The van der Waals surface area contributed by atoms with E-state index in [1.165, 1.54) is 11.1 Å². The summed E-state index contributed by atoms with van der Waals surface area (Å²) in [5.41, 5.74) is 4.59. The van der Waals surface area contributed by atoms with E-state index in [4.69, 9.17) is 0 Å². The zero-order chi connectivity index (χ0) is 16.9. The van der Waals surface area contributed by atoms with Gasteiger partial charge in [-0.3, -0.25) is 0 Å². The lowest BCUT2D eigenvalue weighted by Crippen LogP contribution is -2.01. The van der Waals surface area contributed by atoms with Gasteiger partial charge < -0.3 is 10.6 Å². The van der Waals surface area contributed by atoms with Crippen LogP contribution < -0.4 is 10.6 Å². The third kappa shape index (κ3) is 4.10. The smallest absolute Gasteiger partial charge is 0.136 e. The lowest BCUT2D eigenvalue weighted by Gasteiger charge is -2.11. The number of aromatic nitrogens is 2. The highest BCUT2D eigenvalue weighted by molar-refractivity contribution is 5.63. The van der Waals surface area contributed by atoms with Crippen LogP contribution in [-0.2, 0) is 6.42 Å². The molecule has 1 heterocycles. The molecular weight excluding hydrogens is 296 g/mol. The monoisotopic (exact) mass is 318 g/mol. The Morgan fingerprint density at radius 2 is 1.25 bits per heavy atom. The van der Waals surface area contributed by atoms with Crippen molar-refractivity contribution < 1.29 is 0 Å². The molecule has 24 heavy (non-hydrogen) atoms. The van der Waals surface area contributed by atoms with Gasteiger partial charge in [0.05, 0.1) is 0 Å². The summed E-state index contributed by atoms with van der Waals surface area (Å²) in [6.45, 7) is 6.12. The number of hydrogen-bond acceptors (Lipinski definition) is 4. The van der Waals surface area contributed by atoms with Gasteiger partial charge in [-0.2, -0.15) is 0 Å². The number of hydrogen-bond donors (Lipinski definition) is 2. The van der Waals surface area contributed by atoms with Gasteiger partial charge in [0.1, 0.15) is 17.5 Å². The molecule has 0 aliphatic carbocycles. The normalized spacial score (nSPS) is 10.5. The number of nitrogens with zero attached hydrogens (tertiary/aromatic N) is 2. The number of aryl methyl sites for hydroxylation is 3. The zero-order valence-electron chi connectivity index (χ0n) is 14.3. The fraction of sp³-hybridized carbons (Fsp3) is 0.200. The Balaban J connectivity index is 1.78. The van der Waals surface area contributed by atoms with Gasteiger partial charge in [0.25, 0.3) is 0 Å². The minimum absolute atomic E-state index is 0.722. The summed E-state index contributed by atoms with van der Waals surface area (Å²) in [4.78, 5) is 8.92. The van der Waals surface area contributed by atoms with Gasteiger partial charge in [-0.25, -0.2) is 9.97 Å². The van der Waals surface area contributed by atoms with Crippen LogP contribution in [0.4, 0.5) is 23.0 Å². The molecular formula is C20H22N4. The Labute approximate surface area is 143 Å². The minimum atomic E-state index is 0.722. The molecule has 0 radical (unpaired) electrons. The number of nitrogens with one attached hydrogen (secondary N) is 2. The third-order valence-corrected chi connectivity index (χ3v) is 3.80. The van der Waals surface area contributed by atoms with Gasteiger partial charge in [0, 0.05) is 17.4 Å². The molecule has 0 amide bonds. The lowest BCUT2D eigenvalue weighted by atomic mass is 10.1. The van der Waals surface area contributed by atoms with Crippen molar-refractivity contribution in [3.63, 3.8) is 0 Å². The second-order valence-corrected chi connectivity index (χ2v) is 5.85. The molecule has 2 N–H and O–H groups in total. The highest BCUT2D eigenvalue weighted by atomic mass is 15.1. The Bertz CT molecular complexity index is 808. The largest absolute Gasteiger partial charge is 0.340 e. The van der Waals surface area contributed by atoms with Crippen LogP contribution in [0.3, 0.4) is 0 Å². The van der Waals surface area contributed by atoms with Crippen LogP contribution in [0.2, 0.25) is 0 Å². The molecule has 2 aromatic carbocycles. The van der Waals surface area contributed by atoms with Crippen molar-refractivity contribution in [2.75, 3.05) is 10.6 Å². The Hall–Kier alpha value is -2.88. The first-order valence-corrected chi connectivity index (χ1v) is 8.18. The van der Waals surface area contributed by atoms with Crippen molar-refractivity contribution in [2.45, 2.75) is 27.2 Å². The first-order valence-electron chi connectivity index (χ1n) is 8.18. The van der Waals surface area contributed by atoms with E-state index < -0.39 is 0 Å². The Morgan fingerprint density at radius 3 is 1.75 bits per heavy atom. The van der Waals surface area contributed by atoms with E-state index in [1.54, 1.807) is 0 Å². The Morgan fingerprint density at radius 1 is 0.750 bits per heavy atom. The second kappa shape index (κ2) is 7.13. The first kappa shape index (κ1) is 16.0. The fourth-order valence-corrected chi connectivity index (χ4v) is 2.45. The maximum absolute atomic E-state index is 4.47. The molecule has 0 aliphatic rings. The maximum Gasteiger partial charge on any atom is 0.136 e. The number of benzene rings is 2. The van der Waals surface area contributed by atoms with Gasteiger partial charge in [0.2, 0.25) is 0 Å². The molecule has 122 valence electrons. The third-order valence-electron chi connectivity index (χ3n) is 3.80. The van der Waals surface area contributed by atoms with E-state index in [9.17, 15) is 0 Å². The molecule has 3 aromatic rings. The zero-order valence-corrected chi connectivity index (χ0v) is 14.3. The van der Waals surface area contributed by atoms with Crippen molar-refractivity contribution in [3.8, 4) is 0 Å². The highest BCUT2D eigenvalue weighted by Crippen LogP contribution is 2.21. The minimum Gasteiger partial charge on any atom is -0.340 e. The summed E-state index contributed by atoms with van der Waals surface area (Å²) < 4.78 is 0. The van der Waals surface area contributed by atoms with Gasteiger partial charge in [-0.15, -0.1) is 0 Å². The molecule has 0 saturated carbocycles. The molecule has 1 aromatic heterocycles. The highest BCUT2D eigenvalue weighted by Gasteiger charge is 2.03. The van der Waals surface area contributed by atoms with Crippen LogP contribution in [0.15, 0.2) is 54.6 Å². The number of anilines is 4. The van der Waals surface area contributed by atoms with Crippen molar-refractivity contribution in [1.29, 1.82) is 0 Å². The van der Waals surface area contributed by atoms with Gasteiger partial charge in [-0.05, 0) is 50.1 Å². The van der Waals surface area contributed by atoms with E-state index >= 15 is 0 Å². The van der Waals surface area contributed by atoms with E-state index in [0.29, 0.717) is 0 Å². The van der Waals surface area contributed by atoms with E-state index in [0.717, 1.165) is 35.3 Å². The molecule has 4 nitrogen and oxygen atoms in total. The molecule has 0 unspecified atom stereocenters. The van der Waals surface area contributed by atoms with Crippen molar-refractivity contribution in [3.05, 3.63) is 71.5 Å². The first-order chi connectivity index (χ1) is 11.6. The Kier molecular flexibility index (Phi) is 4.75. The molecule has 3 rings (SSSR count). The van der Waals surface area contributed by atoms with Crippen LogP contribution >= 0.6 is 0 Å². The van der Waals surface area contributed by atoms with Crippen LogP contribution in [0.5, 0.6) is 0 Å². The topological polar surface area (TPSA) is 49.8 Å².